The van der Waals surface area contributed by atoms with Gasteiger partial charge in [0.25, 0.3) is 0 Å². The highest BCUT2D eigenvalue weighted by Crippen LogP contribution is 2.25. The maximum atomic E-state index is 12.8. The second-order valence-corrected chi connectivity index (χ2v) is 9.82. The van der Waals surface area contributed by atoms with Crippen molar-refractivity contribution in [3.63, 3.8) is 0 Å². The summed E-state index contributed by atoms with van der Waals surface area (Å²) in [4.78, 5) is 0.184. The summed E-state index contributed by atoms with van der Waals surface area (Å²) >= 11 is 0. The van der Waals surface area contributed by atoms with Crippen LogP contribution in [0.5, 0.6) is 0 Å². The van der Waals surface area contributed by atoms with Crippen LogP contribution in [0.1, 0.15) is 19.3 Å². The van der Waals surface area contributed by atoms with E-state index in [9.17, 15) is 16.8 Å². The molecule has 23 heavy (non-hydrogen) atoms. The van der Waals surface area contributed by atoms with Crippen molar-refractivity contribution in [1.29, 1.82) is 0 Å². The van der Waals surface area contributed by atoms with E-state index < -0.39 is 20.0 Å². The van der Waals surface area contributed by atoms with Crippen LogP contribution in [0.2, 0.25) is 0 Å². The van der Waals surface area contributed by atoms with Crippen molar-refractivity contribution >= 4 is 20.0 Å². The summed E-state index contributed by atoms with van der Waals surface area (Å²) < 4.78 is 52.7. The summed E-state index contributed by atoms with van der Waals surface area (Å²) in [6.07, 6.45) is 3.11. The quantitative estimate of drug-likeness (QED) is 0.796. The van der Waals surface area contributed by atoms with E-state index in [1.807, 2.05) is 0 Å². The van der Waals surface area contributed by atoms with Crippen molar-refractivity contribution < 1.29 is 16.8 Å². The smallest absolute Gasteiger partial charge is 0.243 e. The molecule has 1 aromatic carbocycles. The Morgan fingerprint density at radius 2 is 1.52 bits per heavy atom. The van der Waals surface area contributed by atoms with Crippen molar-refractivity contribution in [2.24, 2.45) is 0 Å². The zero-order valence-electron chi connectivity index (χ0n) is 12.9. The maximum absolute atomic E-state index is 12.8. The summed E-state index contributed by atoms with van der Waals surface area (Å²) in [5.74, 6) is 0. The molecule has 0 radical (unpaired) electrons. The Morgan fingerprint density at radius 1 is 1.00 bits per heavy atom. The van der Waals surface area contributed by atoms with Gasteiger partial charge < -0.3 is 5.32 Å². The molecule has 2 N–H and O–H groups in total. The number of rotatable bonds is 4. The van der Waals surface area contributed by atoms with Gasteiger partial charge in [-0.15, -0.1) is 0 Å². The lowest BCUT2D eigenvalue weighted by molar-refractivity contribution is 0.190. The third-order valence-electron chi connectivity index (χ3n) is 4.47. The third kappa shape index (κ3) is 3.29. The summed E-state index contributed by atoms with van der Waals surface area (Å²) in [6.45, 7) is 0.935. The van der Waals surface area contributed by atoms with E-state index in [-0.39, 0.29) is 21.9 Å². The topological polar surface area (TPSA) is 95.6 Å². The average Bonchev–Trinajstić information content (AvgIpc) is 2.54. The van der Waals surface area contributed by atoms with Gasteiger partial charge in [-0.25, -0.2) is 21.6 Å². The van der Waals surface area contributed by atoms with E-state index in [2.05, 4.69) is 10.0 Å². The van der Waals surface area contributed by atoms with Crippen LogP contribution in [-0.4, -0.2) is 53.4 Å². The molecule has 2 heterocycles. The molecule has 1 aromatic rings. The number of nitrogens with one attached hydrogen (secondary N) is 2. The van der Waals surface area contributed by atoms with Crippen LogP contribution < -0.4 is 10.0 Å². The minimum Gasteiger partial charge on any atom is -0.309 e. The van der Waals surface area contributed by atoms with Crippen LogP contribution >= 0.6 is 0 Å². The summed E-state index contributed by atoms with van der Waals surface area (Å²) in [5, 5.41) is 3.45. The Morgan fingerprint density at radius 3 is 2.04 bits per heavy atom. The molecule has 2 unspecified atom stereocenters. The van der Waals surface area contributed by atoms with Gasteiger partial charge in [-0.2, -0.15) is 4.31 Å². The van der Waals surface area contributed by atoms with E-state index in [1.165, 1.54) is 35.6 Å². The molecule has 0 aromatic heterocycles. The van der Waals surface area contributed by atoms with Crippen LogP contribution in [-0.2, 0) is 20.0 Å². The highest BCUT2D eigenvalue weighted by atomic mass is 32.2. The van der Waals surface area contributed by atoms with Crippen LogP contribution in [0, 0.1) is 0 Å². The first-order chi connectivity index (χ1) is 10.8. The van der Waals surface area contributed by atoms with Gasteiger partial charge in [0, 0.05) is 25.2 Å². The Balaban J connectivity index is 1.85. The number of sulfonamides is 2. The number of benzene rings is 1. The molecular formula is C14H21N3O4S2. The zero-order valence-corrected chi connectivity index (χ0v) is 14.5. The molecule has 2 aliphatic heterocycles. The average molecular weight is 359 g/mol. The van der Waals surface area contributed by atoms with Crippen molar-refractivity contribution in [1.82, 2.24) is 14.3 Å². The number of hydrogen-bond acceptors (Lipinski definition) is 5. The highest BCUT2D eigenvalue weighted by molar-refractivity contribution is 7.89. The van der Waals surface area contributed by atoms with Crippen molar-refractivity contribution in [3.8, 4) is 0 Å². The van der Waals surface area contributed by atoms with E-state index in [0.717, 1.165) is 19.3 Å². The minimum atomic E-state index is -3.59. The fourth-order valence-corrected chi connectivity index (χ4v) is 5.48. The van der Waals surface area contributed by atoms with E-state index >= 15 is 0 Å². The molecule has 2 fully saturated rings. The molecule has 128 valence electrons. The number of nitrogens with zero attached hydrogens (tertiary/aromatic N) is 1. The number of piperidine rings is 1. The molecule has 0 aliphatic carbocycles. The fourth-order valence-electron chi connectivity index (χ4n) is 3.22. The molecule has 3 rings (SSSR count). The van der Waals surface area contributed by atoms with Crippen LogP contribution in [0.3, 0.4) is 0 Å². The van der Waals surface area contributed by atoms with Gasteiger partial charge in [0.05, 0.1) is 9.79 Å². The maximum Gasteiger partial charge on any atom is 0.243 e. The molecule has 0 saturated carbocycles. The lowest BCUT2D eigenvalue weighted by atomic mass is 9.96. The van der Waals surface area contributed by atoms with Gasteiger partial charge in [0.15, 0.2) is 0 Å². The second-order valence-electron chi connectivity index (χ2n) is 5.99. The van der Waals surface area contributed by atoms with Gasteiger partial charge in [0.1, 0.15) is 0 Å². The molecule has 0 spiro atoms. The van der Waals surface area contributed by atoms with Crippen molar-refractivity contribution in [2.75, 3.05) is 20.1 Å². The summed E-state index contributed by atoms with van der Waals surface area (Å²) in [6, 6.07) is 5.78. The number of hydrogen-bond donors (Lipinski definition) is 2. The van der Waals surface area contributed by atoms with Gasteiger partial charge in [0.2, 0.25) is 20.0 Å². The van der Waals surface area contributed by atoms with Crippen LogP contribution in [0.15, 0.2) is 34.1 Å². The van der Waals surface area contributed by atoms with Gasteiger partial charge >= 0.3 is 0 Å². The lowest BCUT2D eigenvalue weighted by Gasteiger charge is -2.41. The Kier molecular flexibility index (Phi) is 4.49. The molecule has 2 atom stereocenters. The SMILES string of the molecule is CNS(=O)(=O)c1ccc(S(=O)(=O)N2CC3CCCC(C2)N3)cc1. The van der Waals surface area contributed by atoms with Gasteiger partial charge in [-0.1, -0.05) is 6.42 Å². The number of fused-ring (bicyclic) bond motifs is 2. The molecule has 7 nitrogen and oxygen atoms in total. The first-order valence-electron chi connectivity index (χ1n) is 7.63. The molecule has 2 aliphatic rings. The Labute approximate surface area is 137 Å². The highest BCUT2D eigenvalue weighted by Gasteiger charge is 2.36. The van der Waals surface area contributed by atoms with Gasteiger partial charge in [-0.3, -0.25) is 0 Å². The van der Waals surface area contributed by atoms with Crippen LogP contribution in [0.25, 0.3) is 0 Å². The second kappa shape index (κ2) is 6.14. The largest absolute Gasteiger partial charge is 0.309 e. The zero-order chi connectivity index (χ0) is 16.7. The minimum absolute atomic E-state index is 0.0520. The molecule has 0 amide bonds. The predicted molar refractivity (Wildman–Crippen MR) is 86.0 cm³/mol. The van der Waals surface area contributed by atoms with E-state index in [0.29, 0.717) is 13.1 Å². The van der Waals surface area contributed by atoms with Gasteiger partial charge in [-0.05, 0) is 44.2 Å². The monoisotopic (exact) mass is 359 g/mol. The third-order valence-corrected chi connectivity index (χ3v) is 7.74. The summed E-state index contributed by atoms with van der Waals surface area (Å²) in [5.41, 5.74) is 0. The normalized spacial score (nSPS) is 26.1. The fraction of sp³-hybridized carbons (Fsp3) is 0.571. The van der Waals surface area contributed by atoms with E-state index in [4.69, 9.17) is 0 Å². The Hall–Kier alpha value is -1.00. The predicted octanol–water partition coefficient (Wildman–Crippen LogP) is 0.110. The van der Waals surface area contributed by atoms with Crippen molar-refractivity contribution in [2.45, 2.75) is 41.1 Å². The molecule has 9 heteroatoms. The van der Waals surface area contributed by atoms with Crippen LogP contribution in [0.4, 0.5) is 0 Å². The molecule has 2 saturated heterocycles. The van der Waals surface area contributed by atoms with E-state index in [1.54, 1.807) is 0 Å². The first kappa shape index (κ1) is 16.8. The van der Waals surface area contributed by atoms with Crippen molar-refractivity contribution in [3.05, 3.63) is 24.3 Å². The molecule has 2 bridgehead atoms. The summed E-state index contributed by atoms with van der Waals surface area (Å²) in [7, 11) is -5.84. The molecular weight excluding hydrogens is 338 g/mol. The lowest BCUT2D eigenvalue weighted by Crippen LogP contribution is -2.59. The first-order valence-corrected chi connectivity index (χ1v) is 10.5. The Bertz CT molecular complexity index is 763. The standard InChI is InChI=1S/C14H21N3O4S2/c1-15-22(18,19)13-5-7-14(8-6-13)23(20,21)17-9-11-3-2-4-12(10-17)16-11/h5-8,11-12,15-16H,2-4,9-10H2,1H3. The number of piperazine rings is 1.